The minimum absolute atomic E-state index is 0.100. The second kappa shape index (κ2) is 4.94. The largest absolute Gasteiger partial charge is 0.330 e. The van der Waals surface area contributed by atoms with E-state index in [9.17, 15) is 14.4 Å². The van der Waals surface area contributed by atoms with Crippen LogP contribution in [0.4, 0.5) is 4.79 Å². The van der Waals surface area contributed by atoms with Crippen LogP contribution in [-0.2, 0) is 9.59 Å². The third-order valence-corrected chi connectivity index (χ3v) is 3.79. The lowest BCUT2D eigenvalue weighted by Gasteiger charge is -2.36. The number of hydrogen-bond donors (Lipinski definition) is 1. The Bertz CT molecular complexity index is 405. The van der Waals surface area contributed by atoms with Gasteiger partial charge in [0, 0.05) is 6.54 Å². The second-order valence-electron chi connectivity index (χ2n) is 6.80. The van der Waals surface area contributed by atoms with Gasteiger partial charge in [0.15, 0.2) is 0 Å². The summed E-state index contributed by atoms with van der Waals surface area (Å²) in [6.45, 7) is 6.24. The normalized spacial score (nSPS) is 25.9. The summed E-state index contributed by atoms with van der Waals surface area (Å²) in [5, 5.41) is 2.34. The number of barbiturate groups is 1. The Morgan fingerprint density at radius 2 is 1.74 bits per heavy atom. The quantitative estimate of drug-likeness (QED) is 0.776. The number of carbonyl (C=O) groups excluding carboxylic acids is 3. The molecule has 0 bridgehead atoms. The van der Waals surface area contributed by atoms with Gasteiger partial charge in [0.05, 0.1) is 0 Å². The third kappa shape index (κ3) is 2.96. The van der Waals surface area contributed by atoms with E-state index in [2.05, 4.69) is 5.32 Å². The maximum atomic E-state index is 12.5. The Hall–Kier alpha value is -1.39. The minimum atomic E-state index is -0.664. The maximum Gasteiger partial charge on any atom is 0.330 e. The lowest BCUT2D eigenvalue weighted by Crippen LogP contribution is -2.60. The zero-order valence-corrected chi connectivity index (χ0v) is 11.9. The molecule has 2 aliphatic rings. The number of nitrogens with one attached hydrogen (secondary N) is 1. The van der Waals surface area contributed by atoms with Gasteiger partial charge in [-0.2, -0.15) is 0 Å². The van der Waals surface area contributed by atoms with Gasteiger partial charge >= 0.3 is 6.03 Å². The Morgan fingerprint density at radius 1 is 1.16 bits per heavy atom. The van der Waals surface area contributed by atoms with Crippen LogP contribution in [0.5, 0.6) is 0 Å². The van der Waals surface area contributed by atoms with Crippen molar-refractivity contribution in [1.29, 1.82) is 0 Å². The summed E-state index contributed by atoms with van der Waals surface area (Å²) in [5.74, 6) is -1.28. The molecule has 0 radical (unpaired) electrons. The van der Waals surface area contributed by atoms with Gasteiger partial charge in [-0.15, -0.1) is 0 Å². The summed E-state index contributed by atoms with van der Waals surface area (Å²) in [5.41, 5.74) is -0.173. The van der Waals surface area contributed by atoms with Crippen molar-refractivity contribution in [3.63, 3.8) is 0 Å². The van der Waals surface area contributed by atoms with Crippen molar-refractivity contribution in [3.05, 3.63) is 0 Å². The van der Waals surface area contributed by atoms with Crippen molar-refractivity contribution in [3.8, 4) is 0 Å². The molecular weight excluding hydrogens is 244 g/mol. The molecule has 2 rings (SSSR count). The zero-order valence-electron chi connectivity index (χ0n) is 11.9. The molecule has 0 spiro atoms. The third-order valence-electron chi connectivity index (χ3n) is 3.79. The highest BCUT2D eigenvalue weighted by Crippen LogP contribution is 2.34. The Labute approximate surface area is 113 Å². The summed E-state index contributed by atoms with van der Waals surface area (Å²) in [7, 11) is 0. The van der Waals surface area contributed by atoms with E-state index in [4.69, 9.17) is 0 Å². The van der Waals surface area contributed by atoms with Crippen LogP contribution >= 0.6 is 0 Å². The predicted octanol–water partition coefficient (Wildman–Crippen LogP) is 1.92. The molecule has 2 fully saturated rings. The lowest BCUT2D eigenvalue weighted by atomic mass is 9.86. The van der Waals surface area contributed by atoms with Gasteiger partial charge in [0.2, 0.25) is 11.8 Å². The average molecular weight is 266 g/mol. The predicted molar refractivity (Wildman–Crippen MR) is 70.2 cm³/mol. The number of rotatable bonds is 2. The van der Waals surface area contributed by atoms with Gasteiger partial charge in [-0.3, -0.25) is 19.8 Å². The molecule has 1 aliphatic carbocycles. The molecule has 106 valence electrons. The van der Waals surface area contributed by atoms with Crippen molar-refractivity contribution < 1.29 is 14.4 Å². The van der Waals surface area contributed by atoms with E-state index in [1.54, 1.807) is 0 Å². The molecule has 1 saturated heterocycles. The van der Waals surface area contributed by atoms with Crippen LogP contribution in [0.25, 0.3) is 0 Å². The van der Waals surface area contributed by atoms with E-state index in [-0.39, 0.29) is 17.2 Å². The summed E-state index contributed by atoms with van der Waals surface area (Å²) in [4.78, 5) is 37.4. The molecule has 1 saturated carbocycles. The highest BCUT2D eigenvalue weighted by Gasteiger charge is 2.45. The van der Waals surface area contributed by atoms with Gasteiger partial charge in [-0.25, -0.2) is 4.79 Å². The smallest absolute Gasteiger partial charge is 0.277 e. The van der Waals surface area contributed by atoms with Crippen molar-refractivity contribution in [2.75, 3.05) is 6.54 Å². The van der Waals surface area contributed by atoms with Crippen molar-refractivity contribution in [2.45, 2.75) is 46.5 Å². The fourth-order valence-electron chi connectivity index (χ4n) is 2.96. The van der Waals surface area contributed by atoms with E-state index in [0.29, 0.717) is 6.54 Å². The first-order chi connectivity index (χ1) is 8.79. The number of nitrogens with zero attached hydrogens (tertiary/aromatic N) is 1. The van der Waals surface area contributed by atoms with Crippen LogP contribution < -0.4 is 5.32 Å². The monoisotopic (exact) mass is 266 g/mol. The van der Waals surface area contributed by atoms with Crippen molar-refractivity contribution >= 4 is 17.8 Å². The van der Waals surface area contributed by atoms with Gasteiger partial charge in [0.25, 0.3) is 0 Å². The molecule has 4 amide bonds. The molecule has 5 nitrogen and oxygen atoms in total. The van der Waals surface area contributed by atoms with E-state index in [0.717, 1.165) is 25.7 Å². The molecule has 1 unspecified atom stereocenters. The molecular formula is C14H22N2O3. The second-order valence-corrected chi connectivity index (χ2v) is 6.80. The van der Waals surface area contributed by atoms with Gasteiger partial charge in [0.1, 0.15) is 5.92 Å². The Kier molecular flexibility index (Phi) is 3.65. The van der Waals surface area contributed by atoms with Crippen LogP contribution in [0.15, 0.2) is 0 Å². The SMILES string of the molecule is CC(C)(C)CN1C(=O)NC(=O)C(C2CCCC2)C1=O. The highest BCUT2D eigenvalue weighted by atomic mass is 16.2. The van der Waals surface area contributed by atoms with Gasteiger partial charge in [-0.1, -0.05) is 33.6 Å². The fourth-order valence-corrected chi connectivity index (χ4v) is 2.96. The van der Waals surface area contributed by atoms with Crippen LogP contribution in [0.3, 0.4) is 0 Å². The summed E-state index contributed by atoms with van der Waals surface area (Å²) >= 11 is 0. The molecule has 1 aliphatic heterocycles. The lowest BCUT2D eigenvalue weighted by molar-refractivity contribution is -0.145. The van der Waals surface area contributed by atoms with Crippen molar-refractivity contribution in [2.24, 2.45) is 17.3 Å². The molecule has 19 heavy (non-hydrogen) atoms. The van der Waals surface area contributed by atoms with Gasteiger partial charge < -0.3 is 0 Å². The molecule has 0 aromatic heterocycles. The maximum absolute atomic E-state index is 12.5. The number of urea groups is 1. The Morgan fingerprint density at radius 3 is 2.26 bits per heavy atom. The minimum Gasteiger partial charge on any atom is -0.277 e. The van der Waals surface area contributed by atoms with E-state index >= 15 is 0 Å². The number of amides is 4. The molecule has 0 aromatic carbocycles. The summed E-state index contributed by atoms with van der Waals surface area (Å²) < 4.78 is 0. The summed E-state index contributed by atoms with van der Waals surface area (Å²) in [6, 6.07) is -0.570. The van der Waals surface area contributed by atoms with Crippen LogP contribution in [-0.4, -0.2) is 29.3 Å². The number of carbonyl (C=O) groups is 3. The van der Waals surface area contributed by atoms with Crippen LogP contribution in [0.1, 0.15) is 46.5 Å². The first-order valence-corrected chi connectivity index (χ1v) is 6.96. The zero-order chi connectivity index (χ0) is 14.2. The standard InChI is InChI=1S/C14H22N2O3/c1-14(2,3)8-16-12(18)10(9-6-4-5-7-9)11(17)15-13(16)19/h9-10H,4-8H2,1-3H3,(H,15,17,19). The molecule has 1 N–H and O–H groups in total. The Balaban J connectivity index is 2.18. The fraction of sp³-hybridized carbons (Fsp3) is 0.786. The van der Waals surface area contributed by atoms with E-state index < -0.39 is 17.9 Å². The van der Waals surface area contributed by atoms with Gasteiger partial charge in [-0.05, 0) is 24.2 Å². The molecule has 1 atom stereocenters. The van der Waals surface area contributed by atoms with E-state index in [1.165, 1.54) is 4.90 Å². The number of imide groups is 2. The molecule has 1 heterocycles. The first-order valence-electron chi connectivity index (χ1n) is 6.96. The van der Waals surface area contributed by atoms with E-state index in [1.807, 2.05) is 20.8 Å². The first kappa shape index (κ1) is 14.0. The summed E-state index contributed by atoms with van der Waals surface area (Å²) in [6.07, 6.45) is 3.94. The highest BCUT2D eigenvalue weighted by molar-refractivity contribution is 6.16. The average Bonchev–Trinajstić information content (AvgIpc) is 2.76. The molecule has 0 aromatic rings. The molecule has 5 heteroatoms. The topological polar surface area (TPSA) is 66.5 Å². The van der Waals surface area contributed by atoms with Crippen LogP contribution in [0.2, 0.25) is 0 Å². The number of hydrogen-bond acceptors (Lipinski definition) is 3. The van der Waals surface area contributed by atoms with Crippen LogP contribution in [0, 0.1) is 17.3 Å². The van der Waals surface area contributed by atoms with Crippen molar-refractivity contribution in [1.82, 2.24) is 10.2 Å².